The van der Waals surface area contributed by atoms with Gasteiger partial charge < -0.3 is 9.88 Å². The van der Waals surface area contributed by atoms with E-state index in [-0.39, 0.29) is 23.2 Å². The summed E-state index contributed by atoms with van der Waals surface area (Å²) in [7, 11) is 1.76. The fourth-order valence-corrected chi connectivity index (χ4v) is 3.66. The Balaban J connectivity index is 1.83. The Morgan fingerprint density at radius 1 is 1.28 bits per heavy atom. The average Bonchev–Trinajstić information content (AvgIpc) is 3.11. The van der Waals surface area contributed by atoms with Crippen molar-refractivity contribution in [2.24, 2.45) is 7.05 Å². The first-order chi connectivity index (χ1) is 13.9. The molecular weight excluding hydrogens is 390 g/mol. The van der Waals surface area contributed by atoms with E-state index >= 15 is 0 Å². The zero-order valence-corrected chi connectivity index (χ0v) is 17.1. The smallest absolute Gasteiger partial charge is 0.284 e. The third-order valence-corrected chi connectivity index (χ3v) is 5.60. The van der Waals surface area contributed by atoms with Crippen LogP contribution in [0.3, 0.4) is 0 Å². The Kier molecular flexibility index (Phi) is 6.28. The van der Waals surface area contributed by atoms with Crippen LogP contribution in [-0.4, -0.2) is 25.6 Å². The maximum atomic E-state index is 12.7. The molecular formula is C20H21N5O3S. The highest BCUT2D eigenvalue weighted by molar-refractivity contribution is 7.99. The lowest BCUT2D eigenvalue weighted by atomic mass is 10.0. The number of benzene rings is 2. The van der Waals surface area contributed by atoms with Crippen LogP contribution in [0.25, 0.3) is 0 Å². The molecule has 0 unspecified atom stereocenters. The predicted molar refractivity (Wildman–Crippen MR) is 110 cm³/mol. The lowest BCUT2D eigenvalue weighted by Crippen LogP contribution is -2.28. The van der Waals surface area contributed by atoms with Crippen molar-refractivity contribution in [1.82, 2.24) is 20.1 Å². The minimum absolute atomic E-state index is 0.144. The number of hydrogen-bond donors (Lipinski definition) is 1. The van der Waals surface area contributed by atoms with Gasteiger partial charge in [-0.2, -0.15) is 0 Å². The fourth-order valence-electron chi connectivity index (χ4n) is 2.81. The first kappa shape index (κ1) is 20.5. The SMILES string of the molecule is CC[C@H](NC(=O)c1ccc(Sc2nncn2C)c([N+](=O)[O-])c1)c1ccc(C)cc1. The van der Waals surface area contributed by atoms with Crippen molar-refractivity contribution < 1.29 is 9.72 Å². The molecule has 1 heterocycles. The van der Waals surface area contributed by atoms with Crippen molar-refractivity contribution >= 4 is 23.4 Å². The molecule has 0 saturated carbocycles. The summed E-state index contributed by atoms with van der Waals surface area (Å²) < 4.78 is 1.67. The molecule has 1 aromatic heterocycles. The third-order valence-electron chi connectivity index (χ3n) is 4.48. The fraction of sp³-hybridized carbons (Fsp3) is 0.250. The molecule has 1 amide bonds. The van der Waals surface area contributed by atoms with Gasteiger partial charge in [-0.25, -0.2) is 0 Å². The molecule has 2 aromatic carbocycles. The van der Waals surface area contributed by atoms with Gasteiger partial charge in [0.15, 0.2) is 5.16 Å². The maximum absolute atomic E-state index is 12.7. The van der Waals surface area contributed by atoms with E-state index < -0.39 is 4.92 Å². The highest BCUT2D eigenvalue weighted by Gasteiger charge is 2.21. The summed E-state index contributed by atoms with van der Waals surface area (Å²) in [5.74, 6) is -0.351. The van der Waals surface area contributed by atoms with Gasteiger partial charge in [-0.3, -0.25) is 14.9 Å². The van der Waals surface area contributed by atoms with Gasteiger partial charge in [-0.1, -0.05) is 36.8 Å². The van der Waals surface area contributed by atoms with Gasteiger partial charge in [0.1, 0.15) is 6.33 Å². The van der Waals surface area contributed by atoms with E-state index in [1.54, 1.807) is 23.7 Å². The number of nitrogens with zero attached hydrogens (tertiary/aromatic N) is 4. The van der Waals surface area contributed by atoms with Crippen LogP contribution in [0.15, 0.2) is 58.8 Å². The quantitative estimate of drug-likeness (QED) is 0.464. The Morgan fingerprint density at radius 3 is 2.59 bits per heavy atom. The van der Waals surface area contributed by atoms with Crippen molar-refractivity contribution in [3.8, 4) is 0 Å². The average molecular weight is 411 g/mol. The van der Waals surface area contributed by atoms with E-state index in [1.165, 1.54) is 12.4 Å². The first-order valence-corrected chi connectivity index (χ1v) is 9.88. The minimum atomic E-state index is -0.493. The summed E-state index contributed by atoms with van der Waals surface area (Å²) in [4.78, 5) is 24.2. The van der Waals surface area contributed by atoms with E-state index in [2.05, 4.69) is 15.5 Å². The number of nitrogens with one attached hydrogen (secondary N) is 1. The highest BCUT2D eigenvalue weighted by Crippen LogP contribution is 2.34. The van der Waals surface area contributed by atoms with Crippen LogP contribution in [0.2, 0.25) is 0 Å². The molecule has 9 heteroatoms. The molecule has 150 valence electrons. The molecule has 3 aromatic rings. The Labute approximate surface area is 172 Å². The second-order valence-corrected chi connectivity index (χ2v) is 7.62. The van der Waals surface area contributed by atoms with Crippen molar-refractivity contribution in [1.29, 1.82) is 0 Å². The number of aromatic nitrogens is 3. The van der Waals surface area contributed by atoms with Gasteiger partial charge in [0.25, 0.3) is 11.6 Å². The molecule has 0 aliphatic rings. The number of hydrogen-bond acceptors (Lipinski definition) is 6. The van der Waals surface area contributed by atoms with Gasteiger partial charge in [0, 0.05) is 18.7 Å². The molecule has 1 atom stereocenters. The summed E-state index contributed by atoms with van der Waals surface area (Å²) in [6.07, 6.45) is 2.23. The zero-order chi connectivity index (χ0) is 21.0. The van der Waals surface area contributed by atoms with Gasteiger partial charge in [-0.05, 0) is 42.8 Å². The Hall–Kier alpha value is -3.20. The molecule has 0 bridgehead atoms. The monoisotopic (exact) mass is 411 g/mol. The third kappa shape index (κ3) is 4.80. The summed E-state index contributed by atoms with van der Waals surface area (Å²) in [5, 5.41) is 22.8. The second-order valence-electron chi connectivity index (χ2n) is 6.61. The van der Waals surface area contributed by atoms with Gasteiger partial charge in [0.05, 0.1) is 15.9 Å². The molecule has 0 aliphatic heterocycles. The number of nitro groups is 1. The van der Waals surface area contributed by atoms with Crippen LogP contribution in [0.1, 0.15) is 40.9 Å². The van der Waals surface area contributed by atoms with Crippen LogP contribution < -0.4 is 5.32 Å². The molecule has 8 nitrogen and oxygen atoms in total. The summed E-state index contributed by atoms with van der Waals surface area (Å²) in [6.45, 7) is 3.98. The molecule has 0 aliphatic carbocycles. The molecule has 0 spiro atoms. The van der Waals surface area contributed by atoms with E-state index in [4.69, 9.17) is 0 Å². The van der Waals surface area contributed by atoms with Crippen LogP contribution in [-0.2, 0) is 7.05 Å². The Morgan fingerprint density at radius 2 is 2.00 bits per heavy atom. The number of amides is 1. The van der Waals surface area contributed by atoms with Crippen molar-refractivity contribution in [3.05, 3.63) is 75.6 Å². The van der Waals surface area contributed by atoms with E-state index in [0.29, 0.717) is 16.5 Å². The van der Waals surface area contributed by atoms with Crippen LogP contribution >= 0.6 is 11.8 Å². The summed E-state index contributed by atoms with van der Waals surface area (Å²) in [6, 6.07) is 12.2. The maximum Gasteiger partial charge on any atom is 0.284 e. The zero-order valence-electron chi connectivity index (χ0n) is 16.3. The van der Waals surface area contributed by atoms with Crippen LogP contribution in [0.5, 0.6) is 0 Å². The standard InChI is InChI=1S/C20H21N5O3S/c1-4-16(14-7-5-13(2)6-8-14)22-19(26)15-9-10-18(17(11-15)25(27)28)29-20-23-21-12-24(20)3/h5-12,16H,4H2,1-3H3,(H,22,26)/t16-/m0/s1. The molecule has 29 heavy (non-hydrogen) atoms. The second kappa shape index (κ2) is 8.87. The van der Waals surface area contributed by atoms with Crippen molar-refractivity contribution in [2.45, 2.75) is 36.4 Å². The topological polar surface area (TPSA) is 103 Å². The van der Waals surface area contributed by atoms with Crippen molar-refractivity contribution in [3.63, 3.8) is 0 Å². The lowest BCUT2D eigenvalue weighted by Gasteiger charge is -2.18. The molecule has 0 fully saturated rings. The molecule has 1 N–H and O–H groups in total. The Bertz CT molecular complexity index is 1030. The van der Waals surface area contributed by atoms with E-state index in [0.717, 1.165) is 22.9 Å². The van der Waals surface area contributed by atoms with E-state index in [1.807, 2.05) is 38.1 Å². The summed E-state index contributed by atoms with van der Waals surface area (Å²) >= 11 is 1.13. The first-order valence-electron chi connectivity index (χ1n) is 9.06. The summed E-state index contributed by atoms with van der Waals surface area (Å²) in [5.41, 5.74) is 2.23. The largest absolute Gasteiger partial charge is 0.345 e. The van der Waals surface area contributed by atoms with Gasteiger partial charge in [0.2, 0.25) is 0 Å². The normalized spacial score (nSPS) is 11.8. The van der Waals surface area contributed by atoms with E-state index in [9.17, 15) is 14.9 Å². The molecule has 0 radical (unpaired) electrons. The highest BCUT2D eigenvalue weighted by atomic mass is 32.2. The van der Waals surface area contributed by atoms with Crippen molar-refractivity contribution in [2.75, 3.05) is 0 Å². The number of rotatable bonds is 7. The lowest BCUT2D eigenvalue weighted by molar-refractivity contribution is -0.387. The number of carbonyl (C=O) groups excluding carboxylic acids is 1. The molecule has 3 rings (SSSR count). The minimum Gasteiger partial charge on any atom is -0.345 e. The van der Waals surface area contributed by atoms with Gasteiger partial charge in [-0.15, -0.1) is 10.2 Å². The number of nitro benzene ring substituents is 1. The van der Waals surface area contributed by atoms with Gasteiger partial charge >= 0.3 is 0 Å². The van der Waals surface area contributed by atoms with Crippen LogP contribution in [0, 0.1) is 17.0 Å². The van der Waals surface area contributed by atoms with Crippen LogP contribution in [0.4, 0.5) is 5.69 Å². The predicted octanol–water partition coefficient (Wildman–Crippen LogP) is 4.06. The molecule has 0 saturated heterocycles. The number of aryl methyl sites for hydroxylation is 2. The number of carbonyl (C=O) groups is 1.